The number of benzene rings is 2. The van der Waals surface area contributed by atoms with Crippen LogP contribution in [0, 0.1) is 0 Å². The molecule has 0 saturated carbocycles. The number of carbonyl (C=O) groups excluding carboxylic acids is 1. The Balaban J connectivity index is 2.04. The Labute approximate surface area is 119 Å². The summed E-state index contributed by atoms with van der Waals surface area (Å²) in [5.74, 6) is 0.219. The minimum atomic E-state index is 0.219. The Morgan fingerprint density at radius 2 is 1.60 bits per heavy atom. The zero-order valence-corrected chi connectivity index (χ0v) is 11.3. The number of hydrogen-bond acceptors (Lipinski definition) is 1. The molecule has 0 N–H and O–H groups in total. The van der Waals surface area contributed by atoms with E-state index in [1.54, 1.807) is 0 Å². The summed E-state index contributed by atoms with van der Waals surface area (Å²) in [6.07, 6.45) is 3.69. The number of amides is 1. The average Bonchev–Trinajstić information content (AvgIpc) is 2.93. The number of hydrogen-bond donors (Lipinski definition) is 0. The molecule has 0 spiro atoms. The maximum atomic E-state index is 12.1. The van der Waals surface area contributed by atoms with E-state index in [0.29, 0.717) is 6.42 Å². The van der Waals surface area contributed by atoms with Crippen LogP contribution < -0.4 is 0 Å². The fraction of sp³-hybridized carbons (Fsp3) is 0.167. The Bertz CT molecular complexity index is 616. The van der Waals surface area contributed by atoms with Crippen molar-refractivity contribution in [2.24, 2.45) is 0 Å². The van der Waals surface area contributed by atoms with Crippen LogP contribution in [-0.2, 0) is 4.79 Å². The predicted molar refractivity (Wildman–Crippen MR) is 81.7 cm³/mol. The molecule has 1 fully saturated rings. The lowest BCUT2D eigenvalue weighted by Crippen LogP contribution is -2.22. The number of nitrogens with zero attached hydrogens (tertiary/aromatic N) is 1. The van der Waals surface area contributed by atoms with Gasteiger partial charge in [0.15, 0.2) is 0 Å². The van der Waals surface area contributed by atoms with Gasteiger partial charge in [-0.25, -0.2) is 0 Å². The molecule has 1 amide bonds. The van der Waals surface area contributed by atoms with Crippen molar-refractivity contribution in [3.8, 4) is 0 Å². The van der Waals surface area contributed by atoms with E-state index in [4.69, 9.17) is 0 Å². The molecule has 1 saturated heterocycles. The van der Waals surface area contributed by atoms with Gasteiger partial charge in [-0.3, -0.25) is 4.79 Å². The average molecular weight is 263 g/mol. The van der Waals surface area contributed by atoms with Crippen LogP contribution in [0.1, 0.15) is 24.0 Å². The molecule has 100 valence electrons. The van der Waals surface area contributed by atoms with Gasteiger partial charge in [-0.1, -0.05) is 60.7 Å². The van der Waals surface area contributed by atoms with Crippen molar-refractivity contribution in [1.29, 1.82) is 0 Å². The summed E-state index contributed by atoms with van der Waals surface area (Å²) in [5.41, 5.74) is 3.21. The highest BCUT2D eigenvalue weighted by Crippen LogP contribution is 2.26. The molecule has 0 bridgehead atoms. The van der Waals surface area contributed by atoms with E-state index in [2.05, 4.69) is 30.3 Å². The standard InChI is InChI=1S/C18H17NO/c20-18-12-7-13-19(18)17(16-10-5-2-6-11-16)14-15-8-3-1-4-9-15/h1-6,8-11,14H,7,12-13H2/b17-14-. The fourth-order valence-corrected chi connectivity index (χ4v) is 2.54. The minimum absolute atomic E-state index is 0.219. The molecular formula is C18H17NO. The molecule has 0 aliphatic carbocycles. The summed E-state index contributed by atoms with van der Waals surface area (Å²) in [7, 11) is 0. The molecule has 20 heavy (non-hydrogen) atoms. The lowest BCUT2D eigenvalue weighted by molar-refractivity contribution is -0.124. The molecule has 2 heteroatoms. The maximum absolute atomic E-state index is 12.1. The third-order valence-corrected chi connectivity index (χ3v) is 3.54. The number of likely N-dealkylation sites (tertiary alicyclic amines) is 1. The monoisotopic (exact) mass is 263 g/mol. The van der Waals surface area contributed by atoms with E-state index < -0.39 is 0 Å². The van der Waals surface area contributed by atoms with Gasteiger partial charge in [0.2, 0.25) is 5.91 Å². The van der Waals surface area contributed by atoms with Crippen LogP contribution in [0.25, 0.3) is 11.8 Å². The molecule has 1 aliphatic heterocycles. The van der Waals surface area contributed by atoms with Gasteiger partial charge in [0.25, 0.3) is 0 Å². The van der Waals surface area contributed by atoms with E-state index in [1.165, 1.54) is 0 Å². The van der Waals surface area contributed by atoms with Crippen molar-refractivity contribution < 1.29 is 4.79 Å². The third-order valence-electron chi connectivity index (χ3n) is 3.54. The first kappa shape index (κ1) is 12.7. The number of rotatable bonds is 3. The normalized spacial score (nSPS) is 15.7. The molecule has 1 heterocycles. The van der Waals surface area contributed by atoms with Crippen molar-refractivity contribution in [3.05, 3.63) is 71.8 Å². The lowest BCUT2D eigenvalue weighted by Gasteiger charge is -2.20. The fourth-order valence-electron chi connectivity index (χ4n) is 2.54. The summed E-state index contributed by atoms with van der Waals surface area (Å²) in [6, 6.07) is 20.3. The molecule has 0 unspecified atom stereocenters. The second kappa shape index (κ2) is 5.74. The molecule has 3 rings (SSSR count). The molecule has 2 nitrogen and oxygen atoms in total. The summed E-state index contributed by atoms with van der Waals surface area (Å²) in [6.45, 7) is 0.812. The number of carbonyl (C=O) groups is 1. The zero-order valence-electron chi connectivity index (χ0n) is 11.3. The summed E-state index contributed by atoms with van der Waals surface area (Å²) in [5, 5.41) is 0. The highest BCUT2D eigenvalue weighted by molar-refractivity contribution is 5.93. The largest absolute Gasteiger partial charge is 0.312 e. The third kappa shape index (κ3) is 2.64. The highest BCUT2D eigenvalue weighted by Gasteiger charge is 2.24. The maximum Gasteiger partial charge on any atom is 0.227 e. The van der Waals surface area contributed by atoms with Crippen molar-refractivity contribution in [2.75, 3.05) is 6.54 Å². The van der Waals surface area contributed by atoms with Gasteiger partial charge in [-0.15, -0.1) is 0 Å². The van der Waals surface area contributed by atoms with E-state index in [9.17, 15) is 4.79 Å². The molecule has 0 radical (unpaired) electrons. The van der Waals surface area contributed by atoms with E-state index in [-0.39, 0.29) is 5.91 Å². The van der Waals surface area contributed by atoms with Gasteiger partial charge in [0.1, 0.15) is 0 Å². The Hall–Kier alpha value is -2.35. The van der Waals surface area contributed by atoms with Crippen LogP contribution >= 0.6 is 0 Å². The Kier molecular flexibility index (Phi) is 3.64. The summed E-state index contributed by atoms with van der Waals surface area (Å²) >= 11 is 0. The van der Waals surface area contributed by atoms with E-state index >= 15 is 0 Å². The molecular weight excluding hydrogens is 246 g/mol. The van der Waals surface area contributed by atoms with Gasteiger partial charge < -0.3 is 4.90 Å². The van der Waals surface area contributed by atoms with Gasteiger partial charge in [0, 0.05) is 13.0 Å². The molecule has 2 aromatic carbocycles. The van der Waals surface area contributed by atoms with Gasteiger partial charge in [0.05, 0.1) is 5.70 Å². The highest BCUT2D eigenvalue weighted by atomic mass is 16.2. The predicted octanol–water partition coefficient (Wildman–Crippen LogP) is 3.81. The first-order chi connectivity index (χ1) is 9.84. The Morgan fingerprint density at radius 1 is 0.950 bits per heavy atom. The van der Waals surface area contributed by atoms with Gasteiger partial charge in [-0.05, 0) is 23.6 Å². The Morgan fingerprint density at radius 3 is 2.20 bits per heavy atom. The second-order valence-corrected chi connectivity index (χ2v) is 4.96. The van der Waals surface area contributed by atoms with E-state index in [1.807, 2.05) is 41.3 Å². The molecule has 1 aliphatic rings. The van der Waals surface area contributed by atoms with Crippen LogP contribution in [0.4, 0.5) is 0 Å². The van der Waals surface area contributed by atoms with Crippen LogP contribution in [0.15, 0.2) is 60.7 Å². The van der Waals surface area contributed by atoms with Gasteiger partial charge in [-0.2, -0.15) is 0 Å². The van der Waals surface area contributed by atoms with Crippen molar-refractivity contribution in [1.82, 2.24) is 4.90 Å². The molecule has 2 aromatic rings. The summed E-state index contributed by atoms with van der Waals surface area (Å²) < 4.78 is 0. The van der Waals surface area contributed by atoms with Crippen molar-refractivity contribution in [2.45, 2.75) is 12.8 Å². The zero-order chi connectivity index (χ0) is 13.8. The SMILES string of the molecule is O=C1CCCN1/C(=C\c1ccccc1)c1ccccc1. The first-order valence-corrected chi connectivity index (χ1v) is 6.97. The van der Waals surface area contributed by atoms with Crippen LogP contribution in [0.2, 0.25) is 0 Å². The second-order valence-electron chi connectivity index (χ2n) is 4.96. The van der Waals surface area contributed by atoms with Crippen molar-refractivity contribution >= 4 is 17.7 Å². The smallest absolute Gasteiger partial charge is 0.227 e. The van der Waals surface area contributed by atoms with Crippen molar-refractivity contribution in [3.63, 3.8) is 0 Å². The molecule has 0 atom stereocenters. The molecule has 0 aromatic heterocycles. The van der Waals surface area contributed by atoms with Crippen LogP contribution in [0.5, 0.6) is 0 Å². The topological polar surface area (TPSA) is 20.3 Å². The van der Waals surface area contributed by atoms with Crippen LogP contribution in [0.3, 0.4) is 0 Å². The quantitative estimate of drug-likeness (QED) is 0.771. The minimum Gasteiger partial charge on any atom is -0.312 e. The first-order valence-electron chi connectivity index (χ1n) is 6.97. The van der Waals surface area contributed by atoms with Crippen LogP contribution in [-0.4, -0.2) is 17.4 Å². The lowest BCUT2D eigenvalue weighted by atomic mass is 10.1. The van der Waals surface area contributed by atoms with E-state index in [0.717, 1.165) is 29.8 Å². The summed E-state index contributed by atoms with van der Waals surface area (Å²) in [4.78, 5) is 14.0. The van der Waals surface area contributed by atoms with Gasteiger partial charge >= 0.3 is 0 Å².